The standard InChI is InChI=1S/C25H28N4O6/c30-20-5-1-2-6-21(20)35-19-4-3-11-29(15-19)23-14-26-13-22(27-23)28-24(31)12-17-7-9-18(10-8-17)34-16-25(32)33/h2,6-10,13-14,19,30H,1,3-5,11-12,15-16H2,(H,32,33)(H,27,28,31). The molecule has 1 saturated heterocycles. The summed E-state index contributed by atoms with van der Waals surface area (Å²) in [6.07, 6.45) is 10.2. The summed E-state index contributed by atoms with van der Waals surface area (Å²) < 4.78 is 11.1. The molecule has 0 radical (unpaired) electrons. The van der Waals surface area contributed by atoms with Crippen LogP contribution >= 0.6 is 0 Å². The summed E-state index contributed by atoms with van der Waals surface area (Å²) in [6.45, 7) is 0.978. The highest BCUT2D eigenvalue weighted by molar-refractivity contribution is 5.91. The second-order valence-electron chi connectivity index (χ2n) is 8.39. The summed E-state index contributed by atoms with van der Waals surface area (Å²) in [5.41, 5.74) is 0.750. The molecule has 4 rings (SSSR count). The van der Waals surface area contributed by atoms with Gasteiger partial charge in [-0.25, -0.2) is 9.78 Å². The molecule has 10 heteroatoms. The van der Waals surface area contributed by atoms with Crippen molar-refractivity contribution in [3.05, 3.63) is 65.9 Å². The third-order valence-corrected chi connectivity index (χ3v) is 5.64. The van der Waals surface area contributed by atoms with Crippen LogP contribution < -0.4 is 15.0 Å². The molecule has 1 atom stereocenters. The molecule has 0 spiro atoms. The van der Waals surface area contributed by atoms with Crippen molar-refractivity contribution in [2.75, 3.05) is 29.9 Å². The van der Waals surface area contributed by atoms with E-state index in [0.29, 0.717) is 36.1 Å². The molecule has 1 aromatic heterocycles. The summed E-state index contributed by atoms with van der Waals surface area (Å²) in [6, 6.07) is 6.67. The van der Waals surface area contributed by atoms with E-state index in [1.807, 2.05) is 12.2 Å². The van der Waals surface area contributed by atoms with Gasteiger partial charge < -0.3 is 29.9 Å². The Bertz CT molecular complexity index is 1120. The molecule has 1 aliphatic carbocycles. The molecule has 1 aliphatic heterocycles. The van der Waals surface area contributed by atoms with Crippen molar-refractivity contribution in [2.24, 2.45) is 0 Å². The summed E-state index contributed by atoms with van der Waals surface area (Å²) in [7, 11) is 0. The fourth-order valence-corrected chi connectivity index (χ4v) is 3.95. The van der Waals surface area contributed by atoms with Crippen molar-refractivity contribution in [3.8, 4) is 5.75 Å². The van der Waals surface area contributed by atoms with E-state index in [1.54, 1.807) is 30.5 Å². The van der Waals surface area contributed by atoms with Gasteiger partial charge in [-0.15, -0.1) is 0 Å². The van der Waals surface area contributed by atoms with Gasteiger partial charge in [0.25, 0.3) is 0 Å². The minimum Gasteiger partial charge on any atom is -0.508 e. The average molecular weight is 481 g/mol. The van der Waals surface area contributed by atoms with E-state index < -0.39 is 12.6 Å². The van der Waals surface area contributed by atoms with Gasteiger partial charge in [0.1, 0.15) is 23.4 Å². The zero-order valence-electron chi connectivity index (χ0n) is 19.2. The smallest absolute Gasteiger partial charge is 0.341 e. The van der Waals surface area contributed by atoms with Crippen molar-refractivity contribution in [3.63, 3.8) is 0 Å². The van der Waals surface area contributed by atoms with Crippen LogP contribution in [0.5, 0.6) is 5.75 Å². The monoisotopic (exact) mass is 480 g/mol. The molecule has 1 fully saturated rings. The number of nitrogens with zero attached hydrogens (tertiary/aromatic N) is 3. The number of ether oxygens (including phenoxy) is 2. The quantitative estimate of drug-likeness (QED) is 0.494. The second kappa shape index (κ2) is 11.4. The van der Waals surface area contributed by atoms with Crippen LogP contribution in [0.15, 0.2) is 60.3 Å². The number of allylic oxidation sites excluding steroid dienone is 3. The Morgan fingerprint density at radius 3 is 2.80 bits per heavy atom. The Balaban J connectivity index is 1.32. The van der Waals surface area contributed by atoms with Crippen molar-refractivity contribution >= 4 is 23.5 Å². The number of amides is 1. The van der Waals surface area contributed by atoms with Crippen LogP contribution in [-0.2, 0) is 20.7 Å². The predicted molar refractivity (Wildman–Crippen MR) is 128 cm³/mol. The van der Waals surface area contributed by atoms with Crippen molar-refractivity contribution in [2.45, 2.75) is 38.2 Å². The molecule has 1 aromatic carbocycles. The van der Waals surface area contributed by atoms with Gasteiger partial charge in [-0.05, 0) is 43.0 Å². The van der Waals surface area contributed by atoms with E-state index in [9.17, 15) is 14.7 Å². The third kappa shape index (κ3) is 6.95. The molecule has 1 unspecified atom stereocenters. The number of carboxylic acid groups (broad SMARTS) is 1. The molecule has 10 nitrogen and oxygen atoms in total. The molecule has 35 heavy (non-hydrogen) atoms. The molecule has 2 aromatic rings. The highest BCUT2D eigenvalue weighted by atomic mass is 16.5. The maximum Gasteiger partial charge on any atom is 0.341 e. The highest BCUT2D eigenvalue weighted by Crippen LogP contribution is 2.25. The number of benzene rings is 1. The number of hydrogen-bond acceptors (Lipinski definition) is 8. The number of carbonyl (C=O) groups excluding carboxylic acids is 1. The minimum absolute atomic E-state index is 0.0776. The number of piperidine rings is 1. The summed E-state index contributed by atoms with van der Waals surface area (Å²) in [5.74, 6) is 0.948. The van der Waals surface area contributed by atoms with Gasteiger partial charge in [0.2, 0.25) is 5.91 Å². The zero-order valence-corrected chi connectivity index (χ0v) is 19.2. The number of anilines is 2. The topological polar surface area (TPSA) is 134 Å². The first-order valence-corrected chi connectivity index (χ1v) is 11.5. The van der Waals surface area contributed by atoms with Gasteiger partial charge in [-0.1, -0.05) is 18.2 Å². The summed E-state index contributed by atoms with van der Waals surface area (Å²) in [5, 5.41) is 21.5. The number of rotatable bonds is 9. The van der Waals surface area contributed by atoms with E-state index >= 15 is 0 Å². The molecule has 184 valence electrons. The number of aliphatic carboxylic acids is 1. The molecular formula is C25H28N4O6. The van der Waals surface area contributed by atoms with Crippen LogP contribution in [0.25, 0.3) is 0 Å². The maximum absolute atomic E-state index is 12.5. The van der Waals surface area contributed by atoms with Crippen LogP contribution in [0.4, 0.5) is 11.6 Å². The van der Waals surface area contributed by atoms with E-state index in [1.165, 1.54) is 6.20 Å². The lowest BCUT2D eigenvalue weighted by Gasteiger charge is -2.34. The fourth-order valence-electron chi connectivity index (χ4n) is 3.95. The van der Waals surface area contributed by atoms with Gasteiger partial charge >= 0.3 is 5.97 Å². The van der Waals surface area contributed by atoms with Crippen molar-refractivity contribution < 1.29 is 29.3 Å². The summed E-state index contributed by atoms with van der Waals surface area (Å²) >= 11 is 0. The number of nitrogens with one attached hydrogen (secondary N) is 1. The largest absolute Gasteiger partial charge is 0.508 e. The van der Waals surface area contributed by atoms with Crippen LogP contribution in [0.1, 0.15) is 31.2 Å². The number of aliphatic hydroxyl groups is 1. The average Bonchev–Trinajstić information content (AvgIpc) is 2.85. The van der Waals surface area contributed by atoms with Crippen LogP contribution in [-0.4, -0.2) is 57.9 Å². The van der Waals surface area contributed by atoms with Gasteiger partial charge in [-0.2, -0.15) is 0 Å². The van der Waals surface area contributed by atoms with Gasteiger partial charge in [0, 0.05) is 13.0 Å². The molecule has 0 saturated carbocycles. The number of aliphatic hydroxyl groups excluding tert-OH is 1. The number of hydrogen-bond donors (Lipinski definition) is 3. The van der Waals surface area contributed by atoms with Crippen molar-refractivity contribution in [1.29, 1.82) is 0 Å². The number of aromatic nitrogens is 2. The zero-order chi connectivity index (χ0) is 24.6. The first kappa shape index (κ1) is 24.1. The lowest BCUT2D eigenvalue weighted by molar-refractivity contribution is -0.139. The van der Waals surface area contributed by atoms with Crippen LogP contribution in [0.3, 0.4) is 0 Å². The van der Waals surface area contributed by atoms with Crippen LogP contribution in [0, 0.1) is 0 Å². The molecule has 1 amide bonds. The number of carboxylic acids is 1. The van der Waals surface area contributed by atoms with E-state index in [-0.39, 0.29) is 24.2 Å². The van der Waals surface area contributed by atoms with Gasteiger partial charge in [-0.3, -0.25) is 9.78 Å². The lowest BCUT2D eigenvalue weighted by Crippen LogP contribution is -2.40. The van der Waals surface area contributed by atoms with E-state index in [2.05, 4.69) is 20.2 Å². The molecule has 2 aliphatic rings. The fraction of sp³-hybridized carbons (Fsp3) is 0.360. The Morgan fingerprint density at radius 2 is 2.03 bits per heavy atom. The SMILES string of the molecule is O=C(O)COc1ccc(CC(=O)Nc2cncc(N3CCCC(OC4=C(O)CCC=C4)C3)n2)cc1. The van der Waals surface area contributed by atoms with Gasteiger partial charge in [0.05, 0.1) is 25.4 Å². The Hall–Kier alpha value is -4.08. The maximum atomic E-state index is 12.5. The number of carbonyl (C=O) groups is 2. The van der Waals surface area contributed by atoms with Gasteiger partial charge in [0.15, 0.2) is 18.2 Å². The second-order valence-corrected chi connectivity index (χ2v) is 8.39. The lowest BCUT2D eigenvalue weighted by atomic mass is 10.1. The van der Waals surface area contributed by atoms with E-state index in [0.717, 1.165) is 31.4 Å². The Morgan fingerprint density at radius 1 is 1.20 bits per heavy atom. The highest BCUT2D eigenvalue weighted by Gasteiger charge is 2.24. The Labute approximate surface area is 202 Å². The predicted octanol–water partition coefficient (Wildman–Crippen LogP) is 3.23. The normalized spacial score (nSPS) is 17.7. The molecule has 0 bridgehead atoms. The molecule has 2 heterocycles. The summed E-state index contributed by atoms with van der Waals surface area (Å²) in [4.78, 5) is 34.0. The first-order chi connectivity index (χ1) is 17.0. The third-order valence-electron chi connectivity index (χ3n) is 5.64. The first-order valence-electron chi connectivity index (χ1n) is 11.5. The van der Waals surface area contributed by atoms with Crippen LogP contribution in [0.2, 0.25) is 0 Å². The van der Waals surface area contributed by atoms with Crippen molar-refractivity contribution in [1.82, 2.24) is 9.97 Å². The Kier molecular flexibility index (Phi) is 7.81. The molecule has 3 N–H and O–H groups in total. The molecular weight excluding hydrogens is 452 g/mol. The minimum atomic E-state index is -1.05. The van der Waals surface area contributed by atoms with E-state index in [4.69, 9.17) is 14.6 Å².